The van der Waals surface area contributed by atoms with Crippen LogP contribution >= 0.6 is 0 Å². The lowest BCUT2D eigenvalue weighted by Crippen LogP contribution is -2.64. The summed E-state index contributed by atoms with van der Waals surface area (Å²) in [6, 6.07) is 15.1. The topological polar surface area (TPSA) is 103 Å². The number of likely N-dealkylation sites (N-methyl/N-ethyl adjacent to an activating group) is 1. The normalized spacial score (nSPS) is 24.4. The van der Waals surface area contributed by atoms with Crippen molar-refractivity contribution in [2.75, 3.05) is 33.3 Å². The van der Waals surface area contributed by atoms with Gasteiger partial charge in [-0.15, -0.1) is 0 Å². The zero-order chi connectivity index (χ0) is 26.6. The van der Waals surface area contributed by atoms with Crippen LogP contribution in [-0.2, 0) is 14.4 Å². The van der Waals surface area contributed by atoms with Crippen LogP contribution in [0.1, 0.15) is 49.4 Å². The van der Waals surface area contributed by atoms with E-state index >= 15 is 0 Å². The van der Waals surface area contributed by atoms with Crippen molar-refractivity contribution in [2.45, 2.75) is 56.4 Å². The maximum atomic E-state index is 14.2. The Bertz CT molecular complexity index is 1160. The molecule has 0 spiro atoms. The smallest absolute Gasteiger partial charge is 0.250 e. The van der Waals surface area contributed by atoms with Crippen LogP contribution in [-0.4, -0.2) is 78.9 Å². The molecule has 5 atom stereocenters. The summed E-state index contributed by atoms with van der Waals surface area (Å²) < 4.78 is 5.77. The van der Waals surface area contributed by atoms with E-state index in [2.05, 4.69) is 20.9 Å². The summed E-state index contributed by atoms with van der Waals surface area (Å²) in [4.78, 5) is 45.0. The molecule has 3 aliphatic heterocycles. The number of carbonyl (C=O) groups is 3. The van der Waals surface area contributed by atoms with Crippen molar-refractivity contribution < 1.29 is 19.1 Å². The molecular weight excluding hydrogens is 482 g/mol. The monoisotopic (exact) mass is 519 g/mol. The molecule has 5 rings (SSSR count). The molecule has 3 aliphatic rings. The minimum absolute atomic E-state index is 0.174. The fraction of sp³-hybridized carbons (Fsp3) is 0.483. The Balaban J connectivity index is 1.42. The van der Waals surface area contributed by atoms with Gasteiger partial charge in [-0.1, -0.05) is 48.5 Å². The number of para-hydroxylation sites is 1. The molecule has 0 radical (unpaired) electrons. The summed E-state index contributed by atoms with van der Waals surface area (Å²) in [6.07, 6.45) is 2.71. The van der Waals surface area contributed by atoms with Crippen LogP contribution in [0, 0.1) is 0 Å². The van der Waals surface area contributed by atoms with E-state index in [1.165, 1.54) is 0 Å². The molecule has 3 heterocycles. The molecule has 0 aliphatic carbocycles. The lowest BCUT2D eigenvalue weighted by atomic mass is 9.98. The Morgan fingerprint density at radius 3 is 2.55 bits per heavy atom. The van der Waals surface area contributed by atoms with Gasteiger partial charge < -0.3 is 25.6 Å². The second-order valence-electron chi connectivity index (χ2n) is 10.4. The summed E-state index contributed by atoms with van der Waals surface area (Å²) in [5, 5.41) is 9.09. The van der Waals surface area contributed by atoms with Crippen molar-refractivity contribution in [2.24, 2.45) is 0 Å². The summed E-state index contributed by atoms with van der Waals surface area (Å²) in [5.41, 5.74) is 1.65. The van der Waals surface area contributed by atoms with Crippen molar-refractivity contribution in [3.63, 3.8) is 0 Å². The summed E-state index contributed by atoms with van der Waals surface area (Å²) >= 11 is 0. The van der Waals surface area contributed by atoms with Gasteiger partial charge in [-0.3, -0.25) is 19.3 Å². The maximum Gasteiger partial charge on any atom is 0.250 e. The molecule has 3 amide bonds. The fourth-order valence-corrected chi connectivity index (χ4v) is 5.74. The van der Waals surface area contributed by atoms with E-state index in [0.717, 1.165) is 30.7 Å². The quantitative estimate of drug-likeness (QED) is 0.515. The van der Waals surface area contributed by atoms with Gasteiger partial charge >= 0.3 is 0 Å². The van der Waals surface area contributed by atoms with Gasteiger partial charge in [0.15, 0.2) is 0 Å². The molecule has 2 aromatic carbocycles. The Labute approximate surface area is 223 Å². The minimum atomic E-state index is -0.883. The van der Waals surface area contributed by atoms with Crippen LogP contribution in [0.3, 0.4) is 0 Å². The maximum absolute atomic E-state index is 14.2. The molecule has 0 bridgehead atoms. The molecule has 2 unspecified atom stereocenters. The molecule has 9 nitrogen and oxygen atoms in total. The Hall–Kier alpha value is -3.43. The van der Waals surface area contributed by atoms with Crippen molar-refractivity contribution >= 4 is 17.7 Å². The summed E-state index contributed by atoms with van der Waals surface area (Å²) in [6.45, 7) is 4.14. The van der Waals surface area contributed by atoms with Crippen LogP contribution in [0.4, 0.5) is 0 Å². The Kier molecular flexibility index (Phi) is 7.95. The second kappa shape index (κ2) is 11.5. The van der Waals surface area contributed by atoms with E-state index in [-0.39, 0.29) is 29.8 Å². The third kappa shape index (κ3) is 5.39. The number of hydrogen-bond donors (Lipinski definition) is 3. The van der Waals surface area contributed by atoms with Crippen LogP contribution < -0.4 is 20.7 Å². The first-order chi connectivity index (χ1) is 18.5. The molecule has 0 aromatic heterocycles. The number of rotatable bonds is 7. The lowest BCUT2D eigenvalue weighted by molar-refractivity contribution is -0.148. The molecule has 3 N–H and O–H groups in total. The van der Waals surface area contributed by atoms with E-state index < -0.39 is 18.1 Å². The minimum Gasteiger partial charge on any atom is -0.493 e. The van der Waals surface area contributed by atoms with Gasteiger partial charge in [0, 0.05) is 31.1 Å². The van der Waals surface area contributed by atoms with E-state index in [1.54, 1.807) is 18.9 Å². The van der Waals surface area contributed by atoms with Crippen LogP contribution in [0.25, 0.3) is 0 Å². The van der Waals surface area contributed by atoms with E-state index in [1.807, 2.05) is 54.6 Å². The highest BCUT2D eigenvalue weighted by Crippen LogP contribution is 2.33. The van der Waals surface area contributed by atoms with Crippen molar-refractivity contribution in [3.05, 3.63) is 65.7 Å². The van der Waals surface area contributed by atoms with E-state index in [0.29, 0.717) is 31.7 Å². The van der Waals surface area contributed by atoms with Gasteiger partial charge in [0.2, 0.25) is 11.8 Å². The zero-order valence-electron chi connectivity index (χ0n) is 22.1. The highest BCUT2D eigenvalue weighted by molar-refractivity contribution is 5.94. The third-order valence-electron chi connectivity index (χ3n) is 8.04. The Morgan fingerprint density at radius 1 is 1.00 bits per heavy atom. The van der Waals surface area contributed by atoms with Gasteiger partial charge in [-0.05, 0) is 45.0 Å². The second-order valence-corrected chi connectivity index (χ2v) is 10.4. The largest absolute Gasteiger partial charge is 0.493 e. The molecule has 2 fully saturated rings. The van der Waals surface area contributed by atoms with Crippen molar-refractivity contribution in [1.82, 2.24) is 25.8 Å². The number of benzene rings is 2. The number of carbonyl (C=O) groups excluding carboxylic acids is 3. The average Bonchev–Trinajstić information content (AvgIpc) is 3.42. The van der Waals surface area contributed by atoms with E-state index in [4.69, 9.17) is 4.74 Å². The number of fused-ring (bicyclic) bond motifs is 2. The van der Waals surface area contributed by atoms with Gasteiger partial charge in [0.25, 0.3) is 5.91 Å². The first-order valence-electron chi connectivity index (χ1n) is 13.6. The number of nitrogens with zero attached hydrogens (tertiary/aromatic N) is 2. The molecular formula is C29H37N5O4. The van der Waals surface area contributed by atoms with Gasteiger partial charge in [-0.2, -0.15) is 0 Å². The number of ether oxygens (including phenoxy) is 1. The highest BCUT2D eigenvalue weighted by Gasteiger charge is 2.44. The molecule has 2 saturated heterocycles. The van der Waals surface area contributed by atoms with Crippen LogP contribution in [0.2, 0.25) is 0 Å². The molecule has 9 heteroatoms. The number of amides is 3. The van der Waals surface area contributed by atoms with Gasteiger partial charge in [0.05, 0.1) is 18.7 Å². The predicted octanol–water partition coefficient (Wildman–Crippen LogP) is 1.77. The molecule has 2 aromatic rings. The Morgan fingerprint density at radius 2 is 1.76 bits per heavy atom. The SMILES string of the molecule is CN[C@@H](C)C(=O)N[C@H](C(=O)N1CC2CCCN2CC1C(=O)N[C@@H]1CCOc2ccccc21)c1ccccc1. The fourth-order valence-electron chi connectivity index (χ4n) is 5.74. The molecule has 202 valence electrons. The number of nitrogens with one attached hydrogen (secondary N) is 3. The standard InChI is InChI=1S/C29H37N5O4/c1-19(30-2)27(35)32-26(20-9-4-3-5-10-20)29(37)34-17-21-11-8-15-33(21)18-24(34)28(36)31-23-14-16-38-25-13-7-6-12-22(23)25/h3-7,9-10,12-13,19,21,23-24,26,30H,8,11,14-18H2,1-2H3,(H,31,36)(H,32,35)/t19-,21?,23+,24?,26-/m0/s1. The predicted molar refractivity (Wildman–Crippen MR) is 143 cm³/mol. The lowest BCUT2D eigenvalue weighted by Gasteiger charge is -2.44. The first kappa shape index (κ1) is 26.2. The number of hydrogen-bond acceptors (Lipinski definition) is 6. The van der Waals surface area contributed by atoms with E-state index in [9.17, 15) is 14.4 Å². The van der Waals surface area contributed by atoms with Crippen LogP contribution in [0.5, 0.6) is 5.75 Å². The third-order valence-corrected chi connectivity index (χ3v) is 8.04. The average molecular weight is 520 g/mol. The van der Waals surface area contributed by atoms with Crippen LogP contribution in [0.15, 0.2) is 54.6 Å². The van der Waals surface area contributed by atoms with Gasteiger partial charge in [0.1, 0.15) is 17.8 Å². The first-order valence-corrected chi connectivity index (χ1v) is 13.6. The summed E-state index contributed by atoms with van der Waals surface area (Å²) in [7, 11) is 1.71. The van der Waals surface area contributed by atoms with Gasteiger partial charge in [-0.25, -0.2) is 0 Å². The highest BCUT2D eigenvalue weighted by atomic mass is 16.5. The molecule has 38 heavy (non-hydrogen) atoms. The molecule has 0 saturated carbocycles. The van der Waals surface area contributed by atoms with Crippen molar-refractivity contribution in [3.8, 4) is 5.75 Å². The van der Waals surface area contributed by atoms with Crippen molar-refractivity contribution in [1.29, 1.82) is 0 Å². The zero-order valence-corrected chi connectivity index (χ0v) is 22.1. The summed E-state index contributed by atoms with van der Waals surface area (Å²) in [5.74, 6) is 0.0822. The number of piperazine rings is 1.